The third kappa shape index (κ3) is 3.25. The molecule has 0 N–H and O–H groups in total. The van der Waals surface area contributed by atoms with Crippen molar-refractivity contribution in [3.8, 4) is 0 Å². The van der Waals surface area contributed by atoms with Gasteiger partial charge in [-0.15, -0.1) is 0 Å². The lowest BCUT2D eigenvalue weighted by atomic mass is 9.90. The molecule has 3 heteroatoms. The van der Waals surface area contributed by atoms with Crippen LogP contribution in [-0.4, -0.2) is 22.8 Å². The predicted molar refractivity (Wildman–Crippen MR) is 82.5 cm³/mol. The quantitative estimate of drug-likeness (QED) is 0.685. The Morgan fingerprint density at radius 3 is 1.89 bits per heavy atom. The van der Waals surface area contributed by atoms with Crippen molar-refractivity contribution in [1.29, 1.82) is 0 Å². The molecule has 0 radical (unpaired) electrons. The van der Waals surface area contributed by atoms with E-state index >= 15 is 0 Å². The summed E-state index contributed by atoms with van der Waals surface area (Å²) in [6.45, 7) is 4.79. The van der Waals surface area contributed by atoms with E-state index in [1.54, 1.807) is 0 Å². The fourth-order valence-electron chi connectivity index (χ4n) is 4.55. The van der Waals surface area contributed by atoms with Crippen molar-refractivity contribution < 1.29 is 8.85 Å². The van der Waals surface area contributed by atoms with Crippen LogP contribution in [0.3, 0.4) is 0 Å². The molecule has 2 fully saturated rings. The normalized spacial score (nSPS) is 37.3. The molecule has 0 bridgehead atoms. The molecule has 2 atom stereocenters. The van der Waals surface area contributed by atoms with Crippen molar-refractivity contribution >= 4 is 8.56 Å². The minimum Gasteiger partial charge on any atom is -0.397 e. The van der Waals surface area contributed by atoms with Gasteiger partial charge in [0.05, 0.1) is 0 Å². The van der Waals surface area contributed by atoms with Gasteiger partial charge in [-0.2, -0.15) is 0 Å². The Balaban J connectivity index is 2.11. The van der Waals surface area contributed by atoms with Crippen LogP contribution in [0.5, 0.6) is 0 Å². The number of rotatable bonds is 4. The van der Waals surface area contributed by atoms with Gasteiger partial charge in [-0.3, -0.25) is 0 Å². The van der Waals surface area contributed by atoms with Crippen LogP contribution in [-0.2, 0) is 8.85 Å². The molecule has 0 saturated heterocycles. The first kappa shape index (κ1) is 15.5. The molecule has 2 aliphatic rings. The van der Waals surface area contributed by atoms with Crippen molar-refractivity contribution in [2.45, 2.75) is 76.3 Å². The molecule has 19 heavy (non-hydrogen) atoms. The minimum atomic E-state index is -2.01. The van der Waals surface area contributed by atoms with E-state index in [1.165, 1.54) is 51.4 Å². The van der Waals surface area contributed by atoms with Crippen LogP contribution in [0, 0.1) is 11.8 Å². The van der Waals surface area contributed by atoms with E-state index in [-0.39, 0.29) is 0 Å². The highest BCUT2D eigenvalue weighted by molar-refractivity contribution is 6.70. The van der Waals surface area contributed by atoms with Gasteiger partial charge >= 0.3 is 8.56 Å². The molecule has 2 nitrogen and oxygen atoms in total. The topological polar surface area (TPSA) is 18.5 Å². The molecule has 0 heterocycles. The summed E-state index contributed by atoms with van der Waals surface area (Å²) in [5.41, 5.74) is 1.46. The lowest BCUT2D eigenvalue weighted by Gasteiger charge is -2.45. The van der Waals surface area contributed by atoms with E-state index in [1.807, 2.05) is 14.2 Å². The number of hydrogen-bond acceptors (Lipinski definition) is 2. The maximum absolute atomic E-state index is 6.17. The molecule has 0 spiro atoms. The van der Waals surface area contributed by atoms with Gasteiger partial charge in [-0.25, -0.2) is 0 Å². The maximum atomic E-state index is 6.17. The van der Waals surface area contributed by atoms with E-state index in [0.717, 1.165) is 22.9 Å². The van der Waals surface area contributed by atoms with Crippen molar-refractivity contribution in [2.24, 2.45) is 11.8 Å². The Bertz CT molecular complexity index is 270. The minimum absolute atomic E-state index is 0.727. The van der Waals surface area contributed by atoms with Gasteiger partial charge < -0.3 is 8.85 Å². The fraction of sp³-hybridized carbons (Fsp3) is 1.00. The summed E-state index contributed by atoms with van der Waals surface area (Å²) in [7, 11) is 1.83. The Kier molecular flexibility index (Phi) is 5.50. The van der Waals surface area contributed by atoms with Gasteiger partial charge in [0.25, 0.3) is 0 Å². The van der Waals surface area contributed by atoms with Gasteiger partial charge in [-0.05, 0) is 37.5 Å². The van der Waals surface area contributed by atoms with Gasteiger partial charge in [-0.1, -0.05) is 39.5 Å². The molecule has 0 aromatic heterocycles. The molecule has 0 aliphatic heterocycles. The van der Waals surface area contributed by atoms with E-state index < -0.39 is 8.56 Å². The van der Waals surface area contributed by atoms with Crippen LogP contribution in [0.4, 0.5) is 0 Å². The van der Waals surface area contributed by atoms with Crippen molar-refractivity contribution in [3.63, 3.8) is 0 Å². The molecule has 2 unspecified atom stereocenters. The summed E-state index contributed by atoms with van der Waals surface area (Å²) < 4.78 is 12.3. The highest BCUT2D eigenvalue weighted by Gasteiger charge is 2.52. The van der Waals surface area contributed by atoms with Gasteiger partial charge in [0.15, 0.2) is 0 Å². The average molecular weight is 285 g/mol. The smallest absolute Gasteiger partial charge is 0.344 e. The standard InChI is InChI=1S/C16H32O2Si/c1-13-8-10-15(11-9-13)19(17-3,18-4)16-7-5-6-14(2)12-16/h13-16H,5-12H2,1-4H3. The van der Waals surface area contributed by atoms with E-state index in [9.17, 15) is 0 Å². The second kappa shape index (κ2) is 6.73. The maximum Gasteiger partial charge on any atom is 0.344 e. The van der Waals surface area contributed by atoms with Gasteiger partial charge in [0.1, 0.15) is 0 Å². The highest BCUT2D eigenvalue weighted by atomic mass is 28.4. The molecule has 112 valence electrons. The molecule has 2 rings (SSSR count). The Morgan fingerprint density at radius 1 is 0.737 bits per heavy atom. The molecule has 0 amide bonds. The average Bonchev–Trinajstić information content (AvgIpc) is 2.43. The Morgan fingerprint density at radius 2 is 1.37 bits per heavy atom. The number of hydrogen-bond donors (Lipinski definition) is 0. The molecular weight excluding hydrogens is 252 g/mol. The second-order valence-corrected chi connectivity index (χ2v) is 10.9. The highest BCUT2D eigenvalue weighted by Crippen LogP contribution is 2.50. The Labute approximate surface area is 120 Å². The molecular formula is C16H32O2Si. The first-order chi connectivity index (χ1) is 9.12. The van der Waals surface area contributed by atoms with Crippen LogP contribution in [0.1, 0.15) is 65.2 Å². The van der Waals surface area contributed by atoms with Crippen LogP contribution in [0.25, 0.3) is 0 Å². The summed E-state index contributed by atoms with van der Waals surface area (Å²) in [5.74, 6) is 1.76. The SMILES string of the molecule is CO[Si](OC)(C1CCC(C)CC1)C1CCCC(C)C1. The summed E-state index contributed by atoms with van der Waals surface area (Å²) in [6, 6.07) is 0. The van der Waals surface area contributed by atoms with Gasteiger partial charge in [0, 0.05) is 25.3 Å². The van der Waals surface area contributed by atoms with Crippen LogP contribution in [0.2, 0.25) is 11.1 Å². The molecule has 0 aromatic rings. The van der Waals surface area contributed by atoms with Crippen molar-refractivity contribution in [3.05, 3.63) is 0 Å². The summed E-state index contributed by atoms with van der Waals surface area (Å²) in [4.78, 5) is 0. The van der Waals surface area contributed by atoms with E-state index in [4.69, 9.17) is 8.85 Å². The zero-order valence-electron chi connectivity index (χ0n) is 13.3. The molecule has 0 aromatic carbocycles. The second-order valence-electron chi connectivity index (χ2n) is 7.06. The van der Waals surface area contributed by atoms with E-state index in [0.29, 0.717) is 0 Å². The van der Waals surface area contributed by atoms with Crippen LogP contribution in [0.15, 0.2) is 0 Å². The monoisotopic (exact) mass is 284 g/mol. The Hall–Kier alpha value is 0.137. The molecule has 2 saturated carbocycles. The first-order valence-electron chi connectivity index (χ1n) is 8.22. The summed E-state index contributed by atoms with van der Waals surface area (Å²) in [6.07, 6.45) is 10.8. The lowest BCUT2D eigenvalue weighted by Crippen LogP contribution is -2.51. The summed E-state index contributed by atoms with van der Waals surface area (Å²) >= 11 is 0. The van der Waals surface area contributed by atoms with Gasteiger partial charge in [0.2, 0.25) is 0 Å². The van der Waals surface area contributed by atoms with Crippen molar-refractivity contribution in [1.82, 2.24) is 0 Å². The third-order valence-electron chi connectivity index (χ3n) is 5.73. The first-order valence-corrected chi connectivity index (χ1v) is 10.2. The zero-order valence-corrected chi connectivity index (χ0v) is 14.3. The van der Waals surface area contributed by atoms with Crippen LogP contribution >= 0.6 is 0 Å². The lowest BCUT2D eigenvalue weighted by molar-refractivity contribution is 0.180. The summed E-state index contributed by atoms with van der Waals surface area (Å²) in [5, 5.41) is 0. The van der Waals surface area contributed by atoms with Crippen LogP contribution < -0.4 is 0 Å². The fourth-order valence-corrected chi connectivity index (χ4v) is 9.19. The largest absolute Gasteiger partial charge is 0.397 e. The zero-order chi connectivity index (χ0) is 13.9. The third-order valence-corrected chi connectivity index (χ3v) is 10.4. The predicted octanol–water partition coefficient (Wildman–Crippen LogP) is 4.88. The van der Waals surface area contributed by atoms with Crippen molar-refractivity contribution in [2.75, 3.05) is 14.2 Å². The molecule has 2 aliphatic carbocycles. The van der Waals surface area contributed by atoms with E-state index in [2.05, 4.69) is 13.8 Å².